The summed E-state index contributed by atoms with van der Waals surface area (Å²) in [6, 6.07) is 19.0. The van der Waals surface area contributed by atoms with E-state index in [4.69, 9.17) is 0 Å². The largest absolute Gasteiger partial charge is 0.326 e. The van der Waals surface area contributed by atoms with Crippen LogP contribution >= 0.6 is 0 Å². The molecule has 5 nitrogen and oxygen atoms in total. The Labute approximate surface area is 159 Å². The molecule has 0 aliphatic carbocycles. The van der Waals surface area contributed by atoms with Gasteiger partial charge in [0.05, 0.1) is 17.9 Å². The topological polar surface area (TPSA) is 75.3 Å². The van der Waals surface area contributed by atoms with Crippen LogP contribution in [0.25, 0.3) is 10.8 Å². The lowest BCUT2D eigenvalue weighted by Gasteiger charge is -2.12. The Hall–Kier alpha value is -2.86. The van der Waals surface area contributed by atoms with Gasteiger partial charge in [-0.15, -0.1) is 0 Å². The number of amides is 1. The fraction of sp³-hybridized carbons (Fsp3) is 0.190. The van der Waals surface area contributed by atoms with Crippen LogP contribution in [0.15, 0.2) is 60.7 Å². The molecular weight excluding hydrogens is 360 g/mol. The van der Waals surface area contributed by atoms with E-state index in [-0.39, 0.29) is 18.1 Å². The number of fused-ring (bicyclic) bond motifs is 1. The van der Waals surface area contributed by atoms with Gasteiger partial charge in [0.25, 0.3) is 0 Å². The molecule has 0 fully saturated rings. The maximum Gasteiger partial charge on any atom is 0.232 e. The highest BCUT2D eigenvalue weighted by Gasteiger charge is 2.11. The number of carbonyl (C=O) groups excluding carboxylic acids is 1. The molecule has 0 saturated carbocycles. The summed E-state index contributed by atoms with van der Waals surface area (Å²) in [5, 5.41) is 5.05. The molecule has 6 heteroatoms. The van der Waals surface area contributed by atoms with Crippen LogP contribution in [-0.4, -0.2) is 20.1 Å². The predicted molar refractivity (Wildman–Crippen MR) is 111 cm³/mol. The number of anilines is 2. The van der Waals surface area contributed by atoms with E-state index in [0.29, 0.717) is 11.4 Å². The van der Waals surface area contributed by atoms with E-state index in [0.717, 1.165) is 21.9 Å². The van der Waals surface area contributed by atoms with Gasteiger partial charge < -0.3 is 5.32 Å². The molecular formula is C21H22N2O3S. The minimum Gasteiger partial charge on any atom is -0.326 e. The maximum absolute atomic E-state index is 12.5. The van der Waals surface area contributed by atoms with Crippen molar-refractivity contribution in [3.63, 3.8) is 0 Å². The molecule has 0 aliphatic rings. The maximum atomic E-state index is 12.5. The monoisotopic (exact) mass is 382 g/mol. The zero-order chi connectivity index (χ0) is 19.4. The molecule has 0 radical (unpaired) electrons. The molecule has 0 saturated heterocycles. The van der Waals surface area contributed by atoms with Crippen molar-refractivity contribution in [2.45, 2.75) is 20.3 Å². The molecule has 3 aromatic carbocycles. The lowest BCUT2D eigenvalue weighted by molar-refractivity contribution is -0.115. The fourth-order valence-electron chi connectivity index (χ4n) is 2.92. The van der Waals surface area contributed by atoms with Crippen molar-refractivity contribution >= 4 is 38.1 Å². The average molecular weight is 382 g/mol. The summed E-state index contributed by atoms with van der Waals surface area (Å²) in [6.45, 7) is 3.38. The van der Waals surface area contributed by atoms with Gasteiger partial charge in [0.1, 0.15) is 0 Å². The van der Waals surface area contributed by atoms with Crippen molar-refractivity contribution in [3.8, 4) is 0 Å². The van der Waals surface area contributed by atoms with Crippen LogP contribution in [0.1, 0.15) is 18.1 Å². The van der Waals surface area contributed by atoms with Crippen molar-refractivity contribution in [2.75, 3.05) is 15.8 Å². The first kappa shape index (κ1) is 18.9. The highest BCUT2D eigenvalue weighted by atomic mass is 32.2. The van der Waals surface area contributed by atoms with Gasteiger partial charge in [-0.05, 0) is 53.9 Å². The first-order valence-corrected chi connectivity index (χ1v) is 10.4. The van der Waals surface area contributed by atoms with Gasteiger partial charge in [0.15, 0.2) is 0 Å². The molecule has 3 rings (SSSR count). The lowest BCUT2D eigenvalue weighted by atomic mass is 10.0. The second-order valence-electron chi connectivity index (χ2n) is 6.40. The highest BCUT2D eigenvalue weighted by Crippen LogP contribution is 2.22. The van der Waals surface area contributed by atoms with Crippen molar-refractivity contribution in [2.24, 2.45) is 0 Å². The Balaban J connectivity index is 1.73. The second-order valence-corrected chi connectivity index (χ2v) is 8.41. The van der Waals surface area contributed by atoms with E-state index >= 15 is 0 Å². The van der Waals surface area contributed by atoms with Crippen LogP contribution in [0.4, 0.5) is 11.4 Å². The average Bonchev–Trinajstić information content (AvgIpc) is 2.64. The van der Waals surface area contributed by atoms with Gasteiger partial charge in [-0.25, -0.2) is 8.42 Å². The summed E-state index contributed by atoms with van der Waals surface area (Å²) in [4.78, 5) is 12.5. The molecule has 0 spiro atoms. The van der Waals surface area contributed by atoms with Gasteiger partial charge in [-0.1, -0.05) is 42.5 Å². The summed E-state index contributed by atoms with van der Waals surface area (Å²) in [6.07, 6.45) is 0.268. The second kappa shape index (κ2) is 7.80. The molecule has 1 amide bonds. The van der Waals surface area contributed by atoms with Gasteiger partial charge in [-0.2, -0.15) is 0 Å². The van der Waals surface area contributed by atoms with E-state index in [2.05, 4.69) is 10.0 Å². The van der Waals surface area contributed by atoms with E-state index < -0.39 is 10.0 Å². The number of nitrogens with one attached hydrogen (secondary N) is 2. The van der Waals surface area contributed by atoms with Gasteiger partial charge in [0, 0.05) is 5.69 Å². The van der Waals surface area contributed by atoms with E-state index in [9.17, 15) is 13.2 Å². The minimum absolute atomic E-state index is 0.00988. The molecule has 0 aromatic heterocycles. The highest BCUT2D eigenvalue weighted by molar-refractivity contribution is 7.92. The minimum atomic E-state index is -3.33. The standard InChI is InChI=1S/C21H22N2O3S/c1-3-27(25,26)23-20-12-11-18(13-15(20)2)22-21(24)14-17-9-6-8-16-7-4-5-10-19(16)17/h4-13,23H,3,14H2,1-2H3,(H,22,24). The number of rotatable bonds is 6. The quantitative estimate of drug-likeness (QED) is 0.674. The van der Waals surface area contributed by atoms with Crippen LogP contribution in [-0.2, 0) is 21.2 Å². The molecule has 27 heavy (non-hydrogen) atoms. The van der Waals surface area contributed by atoms with Crippen LogP contribution in [0, 0.1) is 6.92 Å². The number of hydrogen-bond acceptors (Lipinski definition) is 3. The molecule has 2 N–H and O–H groups in total. The van der Waals surface area contributed by atoms with Gasteiger partial charge >= 0.3 is 0 Å². The molecule has 0 atom stereocenters. The third-order valence-corrected chi connectivity index (χ3v) is 5.68. The number of hydrogen-bond donors (Lipinski definition) is 2. The third-order valence-electron chi connectivity index (χ3n) is 4.39. The zero-order valence-electron chi connectivity index (χ0n) is 15.3. The summed E-state index contributed by atoms with van der Waals surface area (Å²) in [5.41, 5.74) is 2.87. The fourth-order valence-corrected chi connectivity index (χ4v) is 3.63. The third kappa shape index (κ3) is 4.65. The SMILES string of the molecule is CCS(=O)(=O)Nc1ccc(NC(=O)Cc2cccc3ccccc23)cc1C. The first-order chi connectivity index (χ1) is 12.9. The van der Waals surface area contributed by atoms with Crippen molar-refractivity contribution < 1.29 is 13.2 Å². The van der Waals surface area contributed by atoms with Gasteiger partial charge in [0.2, 0.25) is 15.9 Å². The Bertz CT molecular complexity index is 1090. The molecule has 3 aromatic rings. The molecule has 0 heterocycles. The van der Waals surface area contributed by atoms with E-state index in [1.807, 2.05) is 42.5 Å². The summed E-state index contributed by atoms with van der Waals surface area (Å²) >= 11 is 0. The summed E-state index contributed by atoms with van der Waals surface area (Å²) in [5.74, 6) is -0.108. The van der Waals surface area contributed by atoms with Crippen LogP contribution in [0.3, 0.4) is 0 Å². The zero-order valence-corrected chi connectivity index (χ0v) is 16.1. The number of carbonyl (C=O) groups is 1. The van der Waals surface area contributed by atoms with Gasteiger partial charge in [-0.3, -0.25) is 9.52 Å². The Morgan fingerprint density at radius 3 is 2.48 bits per heavy atom. The van der Waals surface area contributed by atoms with Crippen LogP contribution < -0.4 is 10.0 Å². The van der Waals surface area contributed by atoms with E-state index in [1.54, 1.807) is 32.0 Å². The normalized spacial score (nSPS) is 11.3. The van der Waals surface area contributed by atoms with Crippen LogP contribution in [0.2, 0.25) is 0 Å². The summed E-state index contributed by atoms with van der Waals surface area (Å²) < 4.78 is 26.0. The lowest BCUT2D eigenvalue weighted by Crippen LogP contribution is -2.16. The number of aryl methyl sites for hydroxylation is 1. The number of sulfonamides is 1. The molecule has 0 bridgehead atoms. The number of benzene rings is 3. The van der Waals surface area contributed by atoms with Crippen molar-refractivity contribution in [1.82, 2.24) is 0 Å². The molecule has 140 valence electrons. The smallest absolute Gasteiger partial charge is 0.232 e. The molecule has 0 unspecified atom stereocenters. The Kier molecular flexibility index (Phi) is 5.46. The van der Waals surface area contributed by atoms with Crippen molar-refractivity contribution in [3.05, 3.63) is 71.8 Å². The Morgan fingerprint density at radius 1 is 1.00 bits per heavy atom. The summed E-state index contributed by atoms with van der Waals surface area (Å²) in [7, 11) is -3.33. The van der Waals surface area contributed by atoms with Crippen LogP contribution in [0.5, 0.6) is 0 Å². The first-order valence-electron chi connectivity index (χ1n) is 8.75. The van der Waals surface area contributed by atoms with Crippen molar-refractivity contribution in [1.29, 1.82) is 0 Å². The predicted octanol–water partition coefficient (Wildman–Crippen LogP) is 4.09. The Morgan fingerprint density at radius 2 is 1.74 bits per heavy atom. The van der Waals surface area contributed by atoms with E-state index in [1.165, 1.54) is 0 Å². The molecule has 0 aliphatic heterocycles.